The SMILES string of the molecule is O=C1CC(c2cccc(Cl)c2)c2scc(-c3ccccc3)c2N1. The van der Waals surface area contributed by atoms with E-state index in [1.807, 2.05) is 42.5 Å². The number of benzene rings is 2. The summed E-state index contributed by atoms with van der Waals surface area (Å²) in [6.07, 6.45) is 0.460. The highest BCUT2D eigenvalue weighted by molar-refractivity contribution is 7.11. The molecular weight excluding hydrogens is 326 g/mol. The van der Waals surface area contributed by atoms with Crippen molar-refractivity contribution in [2.45, 2.75) is 12.3 Å². The Labute approximate surface area is 143 Å². The molecule has 4 heteroatoms. The Morgan fingerprint density at radius 1 is 1.09 bits per heavy atom. The van der Waals surface area contributed by atoms with Gasteiger partial charge >= 0.3 is 0 Å². The highest BCUT2D eigenvalue weighted by Gasteiger charge is 2.30. The van der Waals surface area contributed by atoms with Gasteiger partial charge in [-0.05, 0) is 23.3 Å². The van der Waals surface area contributed by atoms with Crippen LogP contribution in [0.4, 0.5) is 5.69 Å². The number of rotatable bonds is 2. The average Bonchev–Trinajstić information content (AvgIpc) is 2.98. The van der Waals surface area contributed by atoms with Gasteiger partial charge in [-0.1, -0.05) is 54.1 Å². The molecule has 0 aliphatic carbocycles. The van der Waals surface area contributed by atoms with E-state index in [-0.39, 0.29) is 11.8 Å². The predicted molar refractivity (Wildman–Crippen MR) is 96.3 cm³/mol. The number of hydrogen-bond acceptors (Lipinski definition) is 2. The Balaban J connectivity index is 1.83. The Hall–Kier alpha value is -2.10. The Morgan fingerprint density at radius 3 is 2.70 bits per heavy atom. The fourth-order valence-electron chi connectivity index (χ4n) is 3.05. The van der Waals surface area contributed by atoms with E-state index in [0.717, 1.165) is 22.4 Å². The number of halogens is 1. The summed E-state index contributed by atoms with van der Waals surface area (Å²) in [7, 11) is 0. The summed E-state index contributed by atoms with van der Waals surface area (Å²) in [6, 6.07) is 18.0. The molecule has 2 aromatic carbocycles. The minimum atomic E-state index is 0.0538. The molecule has 2 nitrogen and oxygen atoms in total. The molecule has 0 saturated heterocycles. The maximum atomic E-state index is 12.2. The molecular formula is C19H14ClNOS. The molecule has 0 fully saturated rings. The molecule has 114 valence electrons. The molecule has 1 amide bonds. The summed E-state index contributed by atoms with van der Waals surface area (Å²) in [6.45, 7) is 0. The lowest BCUT2D eigenvalue weighted by Crippen LogP contribution is -2.22. The van der Waals surface area contributed by atoms with Crippen LogP contribution in [0.15, 0.2) is 60.0 Å². The summed E-state index contributed by atoms with van der Waals surface area (Å²) in [5.41, 5.74) is 4.25. The van der Waals surface area contributed by atoms with Crippen LogP contribution in [0.1, 0.15) is 22.8 Å². The summed E-state index contributed by atoms with van der Waals surface area (Å²) in [5, 5.41) is 5.89. The highest BCUT2D eigenvalue weighted by atomic mass is 35.5. The molecule has 0 spiro atoms. The van der Waals surface area contributed by atoms with Gasteiger partial charge in [0.1, 0.15) is 0 Å². The number of amides is 1. The first-order chi connectivity index (χ1) is 11.2. The molecule has 1 aromatic heterocycles. The number of anilines is 1. The number of thiophene rings is 1. The zero-order chi connectivity index (χ0) is 15.8. The van der Waals surface area contributed by atoms with Gasteiger partial charge in [0.25, 0.3) is 0 Å². The molecule has 0 saturated carbocycles. The van der Waals surface area contributed by atoms with Gasteiger partial charge < -0.3 is 5.32 Å². The van der Waals surface area contributed by atoms with Gasteiger partial charge in [0, 0.05) is 33.2 Å². The third-order valence-corrected chi connectivity index (χ3v) is 5.46. The van der Waals surface area contributed by atoms with Crippen molar-refractivity contribution in [3.8, 4) is 11.1 Å². The summed E-state index contributed by atoms with van der Waals surface area (Å²) < 4.78 is 0. The first kappa shape index (κ1) is 14.5. The molecule has 23 heavy (non-hydrogen) atoms. The second-order valence-electron chi connectivity index (χ2n) is 5.61. The van der Waals surface area contributed by atoms with Crippen LogP contribution in [0, 0.1) is 0 Å². The fourth-order valence-corrected chi connectivity index (χ4v) is 4.41. The maximum Gasteiger partial charge on any atom is 0.225 e. The zero-order valence-corrected chi connectivity index (χ0v) is 13.8. The molecule has 0 radical (unpaired) electrons. The molecule has 1 aliphatic heterocycles. The number of carbonyl (C=O) groups is 1. The third kappa shape index (κ3) is 2.67. The first-order valence-electron chi connectivity index (χ1n) is 7.44. The topological polar surface area (TPSA) is 29.1 Å². The summed E-state index contributed by atoms with van der Waals surface area (Å²) >= 11 is 7.83. The monoisotopic (exact) mass is 339 g/mol. The van der Waals surface area contributed by atoms with Gasteiger partial charge in [-0.3, -0.25) is 4.79 Å². The van der Waals surface area contributed by atoms with Gasteiger partial charge in [0.2, 0.25) is 5.91 Å². The van der Waals surface area contributed by atoms with Gasteiger partial charge in [0.05, 0.1) is 5.69 Å². The van der Waals surface area contributed by atoms with Gasteiger partial charge in [-0.15, -0.1) is 11.3 Å². The smallest absolute Gasteiger partial charge is 0.225 e. The third-order valence-electron chi connectivity index (χ3n) is 4.13. The van der Waals surface area contributed by atoms with E-state index < -0.39 is 0 Å². The lowest BCUT2D eigenvalue weighted by atomic mass is 9.89. The Morgan fingerprint density at radius 2 is 1.91 bits per heavy atom. The molecule has 4 rings (SSSR count). The van der Waals surface area contributed by atoms with E-state index in [9.17, 15) is 4.79 Å². The van der Waals surface area contributed by atoms with Crippen LogP contribution in [0.5, 0.6) is 0 Å². The molecule has 1 unspecified atom stereocenters. The second kappa shape index (κ2) is 5.84. The van der Waals surface area contributed by atoms with E-state index in [0.29, 0.717) is 11.4 Å². The van der Waals surface area contributed by atoms with Crippen molar-refractivity contribution in [2.75, 3.05) is 5.32 Å². The van der Waals surface area contributed by atoms with Crippen molar-refractivity contribution in [3.63, 3.8) is 0 Å². The lowest BCUT2D eigenvalue weighted by Gasteiger charge is -2.24. The number of carbonyl (C=O) groups excluding carboxylic acids is 1. The van der Waals surface area contributed by atoms with E-state index in [2.05, 4.69) is 22.8 Å². The van der Waals surface area contributed by atoms with Gasteiger partial charge in [-0.2, -0.15) is 0 Å². The minimum absolute atomic E-state index is 0.0538. The molecule has 3 aromatic rings. The van der Waals surface area contributed by atoms with Crippen molar-refractivity contribution in [1.29, 1.82) is 0 Å². The minimum Gasteiger partial charge on any atom is -0.325 e. The van der Waals surface area contributed by atoms with Crippen LogP contribution in [0.2, 0.25) is 5.02 Å². The van der Waals surface area contributed by atoms with Crippen molar-refractivity contribution >= 4 is 34.5 Å². The second-order valence-corrected chi connectivity index (χ2v) is 6.96. The first-order valence-corrected chi connectivity index (χ1v) is 8.70. The van der Waals surface area contributed by atoms with Crippen molar-refractivity contribution < 1.29 is 4.79 Å². The summed E-state index contributed by atoms with van der Waals surface area (Å²) in [5.74, 6) is 0.123. The van der Waals surface area contributed by atoms with Crippen molar-refractivity contribution in [1.82, 2.24) is 0 Å². The molecule has 2 heterocycles. The van der Waals surface area contributed by atoms with Crippen LogP contribution in [0.3, 0.4) is 0 Å². The molecule has 1 atom stereocenters. The standard InChI is InChI=1S/C19H14ClNOS/c20-14-8-4-7-13(9-14)15-10-17(22)21-18-16(11-23-19(15)18)12-5-2-1-3-6-12/h1-9,11,15H,10H2,(H,21,22). The van der Waals surface area contributed by atoms with Crippen LogP contribution >= 0.6 is 22.9 Å². The van der Waals surface area contributed by atoms with E-state index in [1.54, 1.807) is 11.3 Å². The average molecular weight is 340 g/mol. The van der Waals surface area contributed by atoms with Crippen LogP contribution < -0.4 is 5.32 Å². The fraction of sp³-hybridized carbons (Fsp3) is 0.105. The Kier molecular flexibility index (Phi) is 3.68. The highest BCUT2D eigenvalue weighted by Crippen LogP contribution is 2.46. The van der Waals surface area contributed by atoms with E-state index in [4.69, 9.17) is 11.6 Å². The van der Waals surface area contributed by atoms with E-state index >= 15 is 0 Å². The van der Waals surface area contributed by atoms with Crippen LogP contribution in [0.25, 0.3) is 11.1 Å². The van der Waals surface area contributed by atoms with Crippen LogP contribution in [-0.4, -0.2) is 5.91 Å². The van der Waals surface area contributed by atoms with Crippen molar-refractivity contribution in [3.05, 3.63) is 75.4 Å². The van der Waals surface area contributed by atoms with Crippen LogP contribution in [-0.2, 0) is 4.79 Å². The predicted octanol–water partition coefficient (Wildman–Crippen LogP) is 5.54. The quantitative estimate of drug-likeness (QED) is 0.652. The number of nitrogens with one attached hydrogen (secondary N) is 1. The Bertz CT molecular complexity index is 872. The number of hydrogen-bond donors (Lipinski definition) is 1. The summed E-state index contributed by atoms with van der Waals surface area (Å²) in [4.78, 5) is 13.4. The number of fused-ring (bicyclic) bond motifs is 1. The van der Waals surface area contributed by atoms with Gasteiger partial charge in [-0.25, -0.2) is 0 Å². The molecule has 1 aliphatic rings. The molecule has 0 bridgehead atoms. The normalized spacial score (nSPS) is 16.7. The largest absolute Gasteiger partial charge is 0.325 e. The van der Waals surface area contributed by atoms with Gasteiger partial charge in [0.15, 0.2) is 0 Å². The zero-order valence-electron chi connectivity index (χ0n) is 12.3. The maximum absolute atomic E-state index is 12.2. The van der Waals surface area contributed by atoms with E-state index in [1.165, 1.54) is 4.88 Å². The lowest BCUT2D eigenvalue weighted by molar-refractivity contribution is -0.116. The van der Waals surface area contributed by atoms with Crippen molar-refractivity contribution in [2.24, 2.45) is 0 Å². The molecule has 1 N–H and O–H groups in total.